The summed E-state index contributed by atoms with van der Waals surface area (Å²) in [7, 11) is 1.67. The summed E-state index contributed by atoms with van der Waals surface area (Å²) in [6.07, 6.45) is 1.75. The summed E-state index contributed by atoms with van der Waals surface area (Å²) in [5.41, 5.74) is 5.34. The highest BCUT2D eigenvalue weighted by atomic mass is 79.9. The summed E-state index contributed by atoms with van der Waals surface area (Å²) in [5, 5.41) is 1.99. The van der Waals surface area contributed by atoms with Crippen molar-refractivity contribution in [2.45, 2.75) is 18.9 Å². The van der Waals surface area contributed by atoms with E-state index in [0.29, 0.717) is 0 Å². The zero-order valence-corrected chi connectivity index (χ0v) is 14.1. The normalized spacial score (nSPS) is 14.6. The van der Waals surface area contributed by atoms with Crippen molar-refractivity contribution >= 4 is 27.3 Å². The van der Waals surface area contributed by atoms with Crippen LogP contribution in [0.3, 0.4) is 0 Å². The van der Waals surface area contributed by atoms with Crippen molar-refractivity contribution < 1.29 is 9.47 Å². The molecule has 0 saturated carbocycles. The number of thiophene rings is 1. The molecule has 2 aromatic rings. The first-order valence-corrected chi connectivity index (χ1v) is 8.41. The van der Waals surface area contributed by atoms with Crippen molar-refractivity contribution in [3.05, 3.63) is 44.1 Å². The Labute approximate surface area is 136 Å². The zero-order valence-electron chi connectivity index (χ0n) is 11.7. The van der Waals surface area contributed by atoms with E-state index in [1.54, 1.807) is 18.4 Å². The number of nitrogens with one attached hydrogen (secondary N) is 1. The van der Waals surface area contributed by atoms with Crippen LogP contribution >= 0.6 is 27.3 Å². The maximum atomic E-state index is 5.78. The van der Waals surface area contributed by atoms with Crippen molar-refractivity contribution in [3.8, 4) is 11.5 Å². The number of nitrogens with two attached hydrogens (primary N) is 1. The van der Waals surface area contributed by atoms with E-state index in [0.717, 1.165) is 40.3 Å². The van der Waals surface area contributed by atoms with Crippen LogP contribution in [0.5, 0.6) is 11.5 Å². The minimum Gasteiger partial charge on any atom is -0.496 e. The molecule has 0 spiro atoms. The van der Waals surface area contributed by atoms with Gasteiger partial charge in [0.25, 0.3) is 0 Å². The van der Waals surface area contributed by atoms with Crippen LogP contribution in [0.1, 0.15) is 22.0 Å². The van der Waals surface area contributed by atoms with Crippen molar-refractivity contribution in [1.82, 2.24) is 5.43 Å². The number of halogens is 1. The van der Waals surface area contributed by atoms with Crippen LogP contribution in [-0.2, 0) is 12.8 Å². The molecule has 0 bridgehead atoms. The van der Waals surface area contributed by atoms with Gasteiger partial charge in [-0.2, -0.15) is 0 Å². The standard InChI is InChI=1S/C15H17BrN2O2S/c1-19-12-7-14(21-8-12)13(18-17)6-10-5-11(16)4-9-2-3-20-15(9)10/h4-5,7-8,13,18H,2-3,6,17H2,1H3. The predicted octanol–water partition coefficient (Wildman–Crippen LogP) is 3.20. The van der Waals surface area contributed by atoms with E-state index in [1.165, 1.54) is 11.1 Å². The quantitative estimate of drug-likeness (QED) is 0.628. The van der Waals surface area contributed by atoms with Crippen molar-refractivity contribution in [3.63, 3.8) is 0 Å². The molecule has 112 valence electrons. The topological polar surface area (TPSA) is 56.5 Å². The number of hydrogen-bond acceptors (Lipinski definition) is 5. The molecule has 21 heavy (non-hydrogen) atoms. The summed E-state index contributed by atoms with van der Waals surface area (Å²) in [4.78, 5) is 1.15. The summed E-state index contributed by atoms with van der Waals surface area (Å²) in [6, 6.07) is 6.31. The van der Waals surface area contributed by atoms with Gasteiger partial charge in [0.2, 0.25) is 0 Å². The molecule has 1 aromatic carbocycles. The van der Waals surface area contributed by atoms with Crippen LogP contribution in [0, 0.1) is 0 Å². The lowest BCUT2D eigenvalue weighted by molar-refractivity contribution is 0.351. The molecule has 1 aliphatic heterocycles. The van der Waals surface area contributed by atoms with Crippen molar-refractivity contribution in [1.29, 1.82) is 0 Å². The number of hydrazine groups is 1. The van der Waals surface area contributed by atoms with E-state index >= 15 is 0 Å². The van der Waals surface area contributed by atoms with E-state index < -0.39 is 0 Å². The van der Waals surface area contributed by atoms with Gasteiger partial charge in [0.1, 0.15) is 11.5 Å². The summed E-state index contributed by atoms with van der Waals surface area (Å²) >= 11 is 5.22. The van der Waals surface area contributed by atoms with Gasteiger partial charge < -0.3 is 9.47 Å². The molecule has 4 nitrogen and oxygen atoms in total. The molecular weight excluding hydrogens is 352 g/mol. The van der Waals surface area contributed by atoms with E-state index in [2.05, 4.69) is 33.5 Å². The first kappa shape index (κ1) is 14.8. The van der Waals surface area contributed by atoms with Gasteiger partial charge in [-0.25, -0.2) is 0 Å². The number of rotatable bonds is 5. The van der Waals surface area contributed by atoms with Crippen LogP contribution < -0.4 is 20.7 Å². The number of methoxy groups -OCH3 is 1. The van der Waals surface area contributed by atoms with Crippen LogP contribution in [0.25, 0.3) is 0 Å². The minimum absolute atomic E-state index is 0.0431. The fourth-order valence-electron chi connectivity index (χ4n) is 2.58. The molecule has 0 aliphatic carbocycles. The second-order valence-electron chi connectivity index (χ2n) is 4.96. The van der Waals surface area contributed by atoms with Gasteiger partial charge in [-0.15, -0.1) is 11.3 Å². The van der Waals surface area contributed by atoms with Gasteiger partial charge in [0, 0.05) is 21.2 Å². The average Bonchev–Trinajstić information content (AvgIpc) is 3.12. The third kappa shape index (κ3) is 3.08. The molecule has 0 amide bonds. The first-order chi connectivity index (χ1) is 10.2. The Balaban J connectivity index is 1.87. The van der Waals surface area contributed by atoms with Gasteiger partial charge in [0.15, 0.2) is 0 Å². The Bertz CT molecular complexity index is 645. The maximum Gasteiger partial charge on any atom is 0.129 e. The van der Waals surface area contributed by atoms with E-state index in [4.69, 9.17) is 15.3 Å². The van der Waals surface area contributed by atoms with Crippen molar-refractivity contribution in [2.24, 2.45) is 5.84 Å². The largest absolute Gasteiger partial charge is 0.496 e. The van der Waals surface area contributed by atoms with Gasteiger partial charge in [-0.1, -0.05) is 15.9 Å². The minimum atomic E-state index is 0.0431. The van der Waals surface area contributed by atoms with Gasteiger partial charge in [-0.05, 0) is 35.7 Å². The van der Waals surface area contributed by atoms with Gasteiger partial charge >= 0.3 is 0 Å². The summed E-state index contributed by atoms with van der Waals surface area (Å²) in [6.45, 7) is 0.756. The fourth-order valence-corrected chi connectivity index (χ4v) is 4.05. The molecule has 1 unspecified atom stereocenters. The Morgan fingerprint density at radius 2 is 2.33 bits per heavy atom. The van der Waals surface area contributed by atoms with E-state index in [9.17, 15) is 0 Å². The number of fused-ring (bicyclic) bond motifs is 1. The third-order valence-corrected chi connectivity index (χ3v) is 5.11. The molecule has 0 saturated heterocycles. The van der Waals surface area contributed by atoms with Crippen molar-refractivity contribution in [2.75, 3.05) is 13.7 Å². The first-order valence-electron chi connectivity index (χ1n) is 6.74. The maximum absolute atomic E-state index is 5.78. The molecule has 3 N–H and O–H groups in total. The Morgan fingerprint density at radius 3 is 3.05 bits per heavy atom. The number of ether oxygens (including phenoxy) is 2. The third-order valence-electron chi connectivity index (χ3n) is 3.63. The molecule has 6 heteroatoms. The smallest absolute Gasteiger partial charge is 0.129 e. The summed E-state index contributed by atoms with van der Waals surface area (Å²) < 4.78 is 12.1. The molecule has 1 atom stereocenters. The number of hydrogen-bond donors (Lipinski definition) is 2. The molecule has 0 radical (unpaired) electrons. The molecule has 1 aromatic heterocycles. The molecule has 2 heterocycles. The molecule has 1 aliphatic rings. The Morgan fingerprint density at radius 1 is 1.48 bits per heavy atom. The molecule has 3 rings (SSSR count). The number of benzene rings is 1. The van der Waals surface area contributed by atoms with Crippen LogP contribution in [0.15, 0.2) is 28.1 Å². The van der Waals surface area contributed by atoms with Crippen LogP contribution in [-0.4, -0.2) is 13.7 Å². The lowest BCUT2D eigenvalue weighted by Crippen LogP contribution is -2.29. The SMILES string of the molecule is COc1csc(C(Cc2cc(Br)cc3c2OCC3)NN)c1. The zero-order chi connectivity index (χ0) is 14.8. The average molecular weight is 369 g/mol. The Kier molecular flexibility index (Phi) is 4.49. The highest BCUT2D eigenvalue weighted by Gasteiger charge is 2.21. The predicted molar refractivity (Wildman–Crippen MR) is 88.0 cm³/mol. The fraction of sp³-hybridized carbons (Fsp3) is 0.333. The lowest BCUT2D eigenvalue weighted by atomic mass is 10.0. The monoisotopic (exact) mass is 368 g/mol. The van der Waals surface area contributed by atoms with Crippen LogP contribution in [0.2, 0.25) is 0 Å². The summed E-state index contributed by atoms with van der Waals surface area (Å²) in [5.74, 6) is 7.63. The molecule has 0 fully saturated rings. The Hall–Kier alpha value is -1.08. The van der Waals surface area contributed by atoms with Crippen LogP contribution in [0.4, 0.5) is 0 Å². The molecular formula is C15H17BrN2O2S. The highest BCUT2D eigenvalue weighted by Crippen LogP contribution is 2.36. The second kappa shape index (κ2) is 6.36. The van der Waals surface area contributed by atoms with Gasteiger partial charge in [0.05, 0.1) is 19.8 Å². The van der Waals surface area contributed by atoms with E-state index in [1.807, 2.05) is 11.4 Å². The highest BCUT2D eigenvalue weighted by molar-refractivity contribution is 9.10. The van der Waals surface area contributed by atoms with E-state index in [-0.39, 0.29) is 6.04 Å². The lowest BCUT2D eigenvalue weighted by Gasteiger charge is -2.16. The second-order valence-corrected chi connectivity index (χ2v) is 6.82. The van der Waals surface area contributed by atoms with Gasteiger partial charge in [-0.3, -0.25) is 11.3 Å².